The molecule has 0 heterocycles. The smallest absolute Gasteiger partial charge is 0.0252 e. The predicted molar refractivity (Wildman–Crippen MR) is 54.3 cm³/mol. The first-order chi connectivity index (χ1) is 5.93. The molecule has 0 bridgehead atoms. The summed E-state index contributed by atoms with van der Waals surface area (Å²) in [6.45, 7) is 3.46. The molecule has 0 saturated heterocycles. The van der Waals surface area contributed by atoms with Gasteiger partial charge in [-0.1, -0.05) is 38.3 Å². The highest BCUT2D eigenvalue weighted by atomic mass is 14.9. The van der Waals surface area contributed by atoms with Gasteiger partial charge in [0, 0.05) is 6.04 Å². The molecule has 0 fully saturated rings. The third kappa shape index (κ3) is 3.91. The second-order valence-corrected chi connectivity index (χ2v) is 3.63. The molecule has 0 amide bonds. The minimum atomic E-state index is 0.687. The monoisotopic (exact) mass is 167 g/mol. The van der Waals surface area contributed by atoms with Gasteiger partial charge in [-0.25, -0.2) is 0 Å². The number of nitrogens with one attached hydrogen (secondary N) is 1. The second-order valence-electron chi connectivity index (χ2n) is 3.63. The van der Waals surface area contributed by atoms with Crippen LogP contribution in [-0.2, 0) is 0 Å². The number of hydrogen-bond acceptors (Lipinski definition) is 1. The van der Waals surface area contributed by atoms with Crippen LogP contribution in [-0.4, -0.2) is 12.6 Å². The zero-order valence-electron chi connectivity index (χ0n) is 8.18. The summed E-state index contributed by atoms with van der Waals surface area (Å²) in [5.41, 5.74) is 0. The SMILES string of the molecule is CCCCCCN[C@H]1C=CCC1. The van der Waals surface area contributed by atoms with Gasteiger partial charge < -0.3 is 5.32 Å². The van der Waals surface area contributed by atoms with Gasteiger partial charge in [0.25, 0.3) is 0 Å². The molecule has 0 aromatic rings. The van der Waals surface area contributed by atoms with Crippen molar-refractivity contribution >= 4 is 0 Å². The van der Waals surface area contributed by atoms with Crippen LogP contribution in [0.5, 0.6) is 0 Å². The summed E-state index contributed by atoms with van der Waals surface area (Å²) in [4.78, 5) is 0. The quantitative estimate of drug-likeness (QED) is 0.474. The topological polar surface area (TPSA) is 12.0 Å². The minimum absolute atomic E-state index is 0.687. The number of allylic oxidation sites excluding steroid dienone is 1. The molecule has 0 saturated carbocycles. The van der Waals surface area contributed by atoms with Crippen LogP contribution >= 0.6 is 0 Å². The van der Waals surface area contributed by atoms with Crippen LogP contribution < -0.4 is 5.32 Å². The molecule has 1 aliphatic rings. The lowest BCUT2D eigenvalue weighted by molar-refractivity contribution is 0.544. The molecule has 12 heavy (non-hydrogen) atoms. The Bertz CT molecular complexity index is 129. The minimum Gasteiger partial charge on any atom is -0.311 e. The average molecular weight is 167 g/mol. The van der Waals surface area contributed by atoms with Crippen LogP contribution in [0.2, 0.25) is 0 Å². The largest absolute Gasteiger partial charge is 0.311 e. The van der Waals surface area contributed by atoms with E-state index in [1.165, 1.54) is 45.1 Å². The predicted octanol–water partition coefficient (Wildman–Crippen LogP) is 2.87. The summed E-state index contributed by atoms with van der Waals surface area (Å²) >= 11 is 0. The Morgan fingerprint density at radius 2 is 2.25 bits per heavy atom. The van der Waals surface area contributed by atoms with E-state index >= 15 is 0 Å². The maximum absolute atomic E-state index is 3.55. The molecule has 0 aromatic heterocycles. The maximum atomic E-state index is 3.55. The first-order valence-corrected chi connectivity index (χ1v) is 5.33. The van der Waals surface area contributed by atoms with Gasteiger partial charge in [-0.05, 0) is 25.8 Å². The Morgan fingerprint density at radius 1 is 1.33 bits per heavy atom. The normalized spacial score (nSPS) is 21.9. The summed E-state index contributed by atoms with van der Waals surface area (Å²) in [6.07, 6.45) is 12.6. The maximum Gasteiger partial charge on any atom is 0.0252 e. The third-order valence-corrected chi connectivity index (χ3v) is 2.45. The third-order valence-electron chi connectivity index (χ3n) is 2.45. The van der Waals surface area contributed by atoms with Gasteiger partial charge >= 0.3 is 0 Å². The van der Waals surface area contributed by atoms with Gasteiger partial charge in [0.15, 0.2) is 0 Å². The molecule has 1 atom stereocenters. The lowest BCUT2D eigenvalue weighted by Crippen LogP contribution is -2.25. The lowest BCUT2D eigenvalue weighted by atomic mass is 10.2. The molecule has 0 aliphatic heterocycles. The molecule has 70 valence electrons. The molecule has 1 nitrogen and oxygen atoms in total. The Hall–Kier alpha value is -0.300. The van der Waals surface area contributed by atoms with Gasteiger partial charge in [-0.3, -0.25) is 0 Å². The van der Waals surface area contributed by atoms with Crippen molar-refractivity contribution in [2.24, 2.45) is 0 Å². The molecule has 0 unspecified atom stereocenters. The van der Waals surface area contributed by atoms with Gasteiger partial charge in [0.05, 0.1) is 0 Å². The summed E-state index contributed by atoms with van der Waals surface area (Å²) in [6, 6.07) is 0.687. The Morgan fingerprint density at radius 3 is 2.92 bits per heavy atom. The van der Waals surface area contributed by atoms with Crippen LogP contribution in [0.25, 0.3) is 0 Å². The van der Waals surface area contributed by atoms with Gasteiger partial charge in [-0.2, -0.15) is 0 Å². The molecular weight excluding hydrogens is 146 g/mol. The summed E-state index contributed by atoms with van der Waals surface area (Å²) < 4.78 is 0. The van der Waals surface area contributed by atoms with Crippen molar-refractivity contribution in [1.29, 1.82) is 0 Å². The van der Waals surface area contributed by atoms with E-state index in [1.807, 2.05) is 0 Å². The van der Waals surface area contributed by atoms with Crippen LogP contribution in [0.15, 0.2) is 12.2 Å². The fourth-order valence-corrected chi connectivity index (χ4v) is 1.64. The summed E-state index contributed by atoms with van der Waals surface area (Å²) in [5.74, 6) is 0. The highest BCUT2D eigenvalue weighted by Gasteiger charge is 2.06. The number of hydrogen-bond donors (Lipinski definition) is 1. The average Bonchev–Trinajstić information content (AvgIpc) is 2.57. The fourth-order valence-electron chi connectivity index (χ4n) is 1.64. The Balaban J connectivity index is 1.85. The van der Waals surface area contributed by atoms with Crippen molar-refractivity contribution in [2.75, 3.05) is 6.54 Å². The van der Waals surface area contributed by atoms with E-state index in [0.29, 0.717) is 6.04 Å². The first kappa shape index (κ1) is 9.79. The Kier molecular flexibility index (Phi) is 5.09. The zero-order valence-corrected chi connectivity index (χ0v) is 8.18. The summed E-state index contributed by atoms with van der Waals surface area (Å²) in [5, 5.41) is 3.55. The van der Waals surface area contributed by atoms with Crippen molar-refractivity contribution in [2.45, 2.75) is 51.5 Å². The van der Waals surface area contributed by atoms with Gasteiger partial charge in [0.2, 0.25) is 0 Å². The molecule has 0 aromatic carbocycles. The standard InChI is InChI=1S/C11H21N/c1-2-3-4-7-10-12-11-8-5-6-9-11/h5,8,11-12H,2-4,6-7,9-10H2,1H3/t11-/m0/s1. The summed E-state index contributed by atoms with van der Waals surface area (Å²) in [7, 11) is 0. The van der Waals surface area contributed by atoms with Crippen molar-refractivity contribution in [1.82, 2.24) is 5.32 Å². The van der Waals surface area contributed by atoms with E-state index in [1.54, 1.807) is 0 Å². The number of unbranched alkanes of at least 4 members (excludes halogenated alkanes) is 3. The number of rotatable bonds is 6. The zero-order chi connectivity index (χ0) is 8.65. The molecule has 1 rings (SSSR count). The molecule has 0 spiro atoms. The highest BCUT2D eigenvalue weighted by molar-refractivity contribution is 5.00. The van der Waals surface area contributed by atoms with E-state index in [-0.39, 0.29) is 0 Å². The van der Waals surface area contributed by atoms with Crippen LogP contribution in [0.3, 0.4) is 0 Å². The van der Waals surface area contributed by atoms with E-state index < -0.39 is 0 Å². The van der Waals surface area contributed by atoms with Gasteiger partial charge in [-0.15, -0.1) is 0 Å². The molecule has 0 radical (unpaired) electrons. The van der Waals surface area contributed by atoms with Crippen LogP contribution in [0.4, 0.5) is 0 Å². The van der Waals surface area contributed by atoms with Gasteiger partial charge in [0.1, 0.15) is 0 Å². The van der Waals surface area contributed by atoms with E-state index in [2.05, 4.69) is 24.4 Å². The van der Waals surface area contributed by atoms with Crippen molar-refractivity contribution < 1.29 is 0 Å². The first-order valence-electron chi connectivity index (χ1n) is 5.33. The van der Waals surface area contributed by atoms with Crippen molar-refractivity contribution in [3.05, 3.63) is 12.2 Å². The van der Waals surface area contributed by atoms with Crippen LogP contribution in [0, 0.1) is 0 Å². The Labute approximate surface area is 76.2 Å². The molecule has 1 aliphatic carbocycles. The van der Waals surface area contributed by atoms with E-state index in [0.717, 1.165) is 0 Å². The van der Waals surface area contributed by atoms with E-state index in [4.69, 9.17) is 0 Å². The lowest BCUT2D eigenvalue weighted by Gasteiger charge is -2.09. The highest BCUT2D eigenvalue weighted by Crippen LogP contribution is 2.08. The second kappa shape index (κ2) is 6.24. The molecule has 1 heteroatoms. The molecule has 1 N–H and O–H groups in total. The van der Waals surface area contributed by atoms with Crippen LogP contribution in [0.1, 0.15) is 45.4 Å². The van der Waals surface area contributed by atoms with Crippen molar-refractivity contribution in [3.63, 3.8) is 0 Å². The fraction of sp³-hybridized carbons (Fsp3) is 0.818. The molecular formula is C11H21N. The van der Waals surface area contributed by atoms with E-state index in [9.17, 15) is 0 Å². The van der Waals surface area contributed by atoms with Crippen molar-refractivity contribution in [3.8, 4) is 0 Å².